The lowest BCUT2D eigenvalue weighted by molar-refractivity contribution is -0.124. The van der Waals surface area contributed by atoms with Crippen molar-refractivity contribution in [1.82, 2.24) is 10.6 Å². The normalized spacial score (nSPS) is 31.6. The molecule has 2 fully saturated rings. The number of benzene rings is 1. The Labute approximate surface area is 108 Å². The van der Waals surface area contributed by atoms with Gasteiger partial charge in [-0.1, -0.05) is 30.3 Å². The predicted octanol–water partition coefficient (Wildman–Crippen LogP) is 1.80. The maximum atomic E-state index is 11.6. The summed E-state index contributed by atoms with van der Waals surface area (Å²) >= 11 is 0. The van der Waals surface area contributed by atoms with E-state index >= 15 is 0 Å². The summed E-state index contributed by atoms with van der Waals surface area (Å²) in [6, 6.07) is 11.2. The van der Waals surface area contributed by atoms with Crippen LogP contribution >= 0.6 is 0 Å². The van der Waals surface area contributed by atoms with Gasteiger partial charge in [0.05, 0.1) is 6.04 Å². The molecule has 1 unspecified atom stereocenters. The van der Waals surface area contributed by atoms with Crippen molar-refractivity contribution < 1.29 is 4.79 Å². The van der Waals surface area contributed by atoms with E-state index in [2.05, 4.69) is 41.0 Å². The first kappa shape index (κ1) is 11.7. The van der Waals surface area contributed by atoms with Gasteiger partial charge in [0.1, 0.15) is 0 Å². The van der Waals surface area contributed by atoms with Crippen molar-refractivity contribution in [3.63, 3.8) is 0 Å². The molecule has 1 amide bonds. The molecule has 3 nitrogen and oxygen atoms in total. The molecule has 1 aliphatic carbocycles. The monoisotopic (exact) mass is 244 g/mol. The lowest BCUT2D eigenvalue weighted by atomic mass is 9.75. The highest BCUT2D eigenvalue weighted by Gasteiger charge is 2.33. The summed E-state index contributed by atoms with van der Waals surface area (Å²) in [6.07, 6.45) is 4.40. The van der Waals surface area contributed by atoms with Crippen LogP contribution in [0.5, 0.6) is 0 Å². The Morgan fingerprint density at radius 1 is 1.17 bits per heavy atom. The van der Waals surface area contributed by atoms with Crippen LogP contribution < -0.4 is 10.6 Å². The number of piperidine rings is 1. The van der Waals surface area contributed by atoms with Gasteiger partial charge in [0.2, 0.25) is 5.91 Å². The lowest BCUT2D eigenvalue weighted by Crippen LogP contribution is -2.54. The summed E-state index contributed by atoms with van der Waals surface area (Å²) in [5.74, 6) is 0.861. The average molecular weight is 244 g/mol. The third kappa shape index (κ3) is 2.41. The van der Waals surface area contributed by atoms with E-state index in [9.17, 15) is 4.79 Å². The van der Waals surface area contributed by atoms with E-state index in [-0.39, 0.29) is 11.9 Å². The largest absolute Gasteiger partial charge is 0.355 e. The maximum absolute atomic E-state index is 11.6. The Kier molecular flexibility index (Phi) is 3.33. The van der Waals surface area contributed by atoms with Crippen LogP contribution in [0, 0.1) is 0 Å². The fourth-order valence-corrected chi connectivity index (χ4v) is 2.97. The van der Waals surface area contributed by atoms with Crippen LogP contribution in [0.2, 0.25) is 0 Å². The molecule has 96 valence electrons. The van der Waals surface area contributed by atoms with E-state index in [1.807, 2.05) is 0 Å². The van der Waals surface area contributed by atoms with Gasteiger partial charge in [-0.25, -0.2) is 0 Å². The van der Waals surface area contributed by atoms with Crippen molar-refractivity contribution in [2.75, 3.05) is 6.54 Å². The standard InChI is InChI=1S/C15H20N2O/c18-15-14(7-4-8-16-15)17-13-9-12(10-13)11-5-2-1-3-6-11/h1-3,5-6,12-14,17H,4,7-10H2,(H,16,18). The maximum Gasteiger partial charge on any atom is 0.237 e. The molecule has 1 saturated heterocycles. The Morgan fingerprint density at radius 3 is 2.67 bits per heavy atom. The molecule has 1 aromatic rings. The molecule has 1 aliphatic heterocycles. The molecular formula is C15H20N2O. The number of rotatable bonds is 3. The SMILES string of the molecule is O=C1NCCCC1NC1CC(c2ccccc2)C1. The molecule has 3 rings (SSSR count). The van der Waals surface area contributed by atoms with E-state index in [0.717, 1.165) is 32.2 Å². The molecule has 2 aliphatic rings. The molecule has 1 heterocycles. The molecule has 0 bridgehead atoms. The molecule has 0 radical (unpaired) electrons. The smallest absolute Gasteiger partial charge is 0.237 e. The number of hydrogen-bond donors (Lipinski definition) is 2. The molecule has 1 aromatic carbocycles. The number of amides is 1. The molecule has 18 heavy (non-hydrogen) atoms. The third-order valence-corrected chi connectivity index (χ3v) is 4.13. The summed E-state index contributed by atoms with van der Waals surface area (Å²) in [5.41, 5.74) is 1.43. The minimum Gasteiger partial charge on any atom is -0.355 e. The van der Waals surface area contributed by atoms with Crippen LogP contribution in [-0.2, 0) is 4.79 Å². The number of carbonyl (C=O) groups excluding carboxylic acids is 1. The molecule has 1 atom stereocenters. The summed E-state index contributed by atoms with van der Waals surface area (Å²) in [5, 5.41) is 6.42. The van der Waals surface area contributed by atoms with Crippen molar-refractivity contribution in [3.8, 4) is 0 Å². The van der Waals surface area contributed by atoms with E-state index in [1.54, 1.807) is 0 Å². The molecule has 1 saturated carbocycles. The van der Waals surface area contributed by atoms with Crippen LogP contribution in [0.4, 0.5) is 0 Å². The molecule has 3 heteroatoms. The van der Waals surface area contributed by atoms with Crippen molar-refractivity contribution >= 4 is 5.91 Å². The van der Waals surface area contributed by atoms with Gasteiger partial charge in [-0.05, 0) is 37.2 Å². The quantitative estimate of drug-likeness (QED) is 0.851. The van der Waals surface area contributed by atoms with E-state index in [0.29, 0.717) is 12.0 Å². The Bertz CT molecular complexity index is 412. The van der Waals surface area contributed by atoms with Crippen molar-refractivity contribution in [3.05, 3.63) is 35.9 Å². The Hall–Kier alpha value is -1.35. The fourth-order valence-electron chi connectivity index (χ4n) is 2.97. The summed E-state index contributed by atoms with van der Waals surface area (Å²) < 4.78 is 0. The topological polar surface area (TPSA) is 41.1 Å². The lowest BCUT2D eigenvalue weighted by Gasteiger charge is -2.39. The highest BCUT2D eigenvalue weighted by Crippen LogP contribution is 2.37. The molecular weight excluding hydrogens is 224 g/mol. The first-order chi connectivity index (χ1) is 8.83. The van der Waals surface area contributed by atoms with Crippen LogP contribution in [0.1, 0.15) is 37.2 Å². The van der Waals surface area contributed by atoms with Gasteiger partial charge in [0, 0.05) is 12.6 Å². The van der Waals surface area contributed by atoms with Crippen molar-refractivity contribution in [1.29, 1.82) is 0 Å². The van der Waals surface area contributed by atoms with E-state index < -0.39 is 0 Å². The molecule has 0 aromatic heterocycles. The highest BCUT2D eigenvalue weighted by atomic mass is 16.2. The molecule has 2 N–H and O–H groups in total. The van der Waals surface area contributed by atoms with Gasteiger partial charge in [0.25, 0.3) is 0 Å². The van der Waals surface area contributed by atoms with Gasteiger partial charge in [0.15, 0.2) is 0 Å². The average Bonchev–Trinajstić information content (AvgIpc) is 2.36. The second-order valence-electron chi connectivity index (χ2n) is 5.43. The highest BCUT2D eigenvalue weighted by molar-refractivity contribution is 5.82. The summed E-state index contributed by atoms with van der Waals surface area (Å²) in [4.78, 5) is 11.6. The second-order valence-corrected chi connectivity index (χ2v) is 5.43. The van der Waals surface area contributed by atoms with E-state index in [1.165, 1.54) is 5.56 Å². The first-order valence-electron chi connectivity index (χ1n) is 6.91. The third-order valence-electron chi connectivity index (χ3n) is 4.13. The van der Waals surface area contributed by atoms with Crippen LogP contribution in [0.15, 0.2) is 30.3 Å². The van der Waals surface area contributed by atoms with Gasteiger partial charge >= 0.3 is 0 Å². The number of carbonyl (C=O) groups is 1. The first-order valence-corrected chi connectivity index (χ1v) is 6.91. The zero-order valence-corrected chi connectivity index (χ0v) is 10.6. The van der Waals surface area contributed by atoms with Crippen molar-refractivity contribution in [2.24, 2.45) is 0 Å². The zero-order valence-electron chi connectivity index (χ0n) is 10.6. The minimum absolute atomic E-state index is 0.0421. The fraction of sp³-hybridized carbons (Fsp3) is 0.533. The zero-order chi connectivity index (χ0) is 12.4. The van der Waals surface area contributed by atoms with Gasteiger partial charge in [-0.3, -0.25) is 4.79 Å². The Morgan fingerprint density at radius 2 is 1.94 bits per heavy atom. The predicted molar refractivity (Wildman–Crippen MR) is 71.4 cm³/mol. The molecule has 0 spiro atoms. The minimum atomic E-state index is 0.0421. The Balaban J connectivity index is 1.49. The number of hydrogen-bond acceptors (Lipinski definition) is 2. The van der Waals surface area contributed by atoms with Crippen LogP contribution in [0.25, 0.3) is 0 Å². The van der Waals surface area contributed by atoms with E-state index in [4.69, 9.17) is 0 Å². The summed E-state index contributed by atoms with van der Waals surface area (Å²) in [7, 11) is 0. The van der Waals surface area contributed by atoms with Crippen LogP contribution in [0.3, 0.4) is 0 Å². The van der Waals surface area contributed by atoms with Gasteiger partial charge < -0.3 is 10.6 Å². The second kappa shape index (κ2) is 5.11. The number of nitrogens with one attached hydrogen (secondary N) is 2. The van der Waals surface area contributed by atoms with Gasteiger partial charge in [-0.15, -0.1) is 0 Å². The van der Waals surface area contributed by atoms with Crippen LogP contribution in [-0.4, -0.2) is 24.5 Å². The van der Waals surface area contributed by atoms with Crippen molar-refractivity contribution in [2.45, 2.75) is 43.7 Å². The summed E-state index contributed by atoms with van der Waals surface area (Å²) in [6.45, 7) is 0.842. The van der Waals surface area contributed by atoms with Gasteiger partial charge in [-0.2, -0.15) is 0 Å².